The van der Waals surface area contributed by atoms with Gasteiger partial charge in [0, 0.05) is 36.3 Å². The van der Waals surface area contributed by atoms with E-state index >= 15 is 0 Å². The fraction of sp³-hybridized carbons (Fsp3) is 0.438. The molecule has 2 aromatic rings. The van der Waals surface area contributed by atoms with Crippen molar-refractivity contribution in [3.8, 4) is 0 Å². The Hall–Kier alpha value is -1.16. The Morgan fingerprint density at radius 2 is 2.10 bits per heavy atom. The number of benzene rings is 1. The van der Waals surface area contributed by atoms with Crippen LogP contribution in [0.2, 0.25) is 5.02 Å². The van der Waals surface area contributed by atoms with Crippen molar-refractivity contribution in [3.05, 3.63) is 41.0 Å². The molecule has 0 radical (unpaired) electrons. The standard InChI is InChI=1S/C16H21ClN2O/c1-16(2,7-9-20)11-18-10-12-5-6-14(17)13-4-3-8-19-15(12)13/h3-6,8,18,20H,7,9-11H2,1-2H3. The predicted molar refractivity (Wildman–Crippen MR) is 83.9 cm³/mol. The van der Waals surface area contributed by atoms with Gasteiger partial charge in [-0.25, -0.2) is 0 Å². The molecule has 20 heavy (non-hydrogen) atoms. The van der Waals surface area contributed by atoms with Gasteiger partial charge in [-0.3, -0.25) is 4.98 Å². The Labute approximate surface area is 125 Å². The fourth-order valence-corrected chi connectivity index (χ4v) is 2.48. The van der Waals surface area contributed by atoms with Gasteiger partial charge in [0.1, 0.15) is 0 Å². The van der Waals surface area contributed by atoms with Crippen LogP contribution in [-0.4, -0.2) is 23.2 Å². The van der Waals surface area contributed by atoms with Gasteiger partial charge in [0.05, 0.1) is 5.52 Å². The van der Waals surface area contributed by atoms with Crippen LogP contribution in [0.5, 0.6) is 0 Å². The van der Waals surface area contributed by atoms with Crippen molar-refractivity contribution in [2.75, 3.05) is 13.2 Å². The second-order valence-electron chi connectivity index (χ2n) is 5.85. The maximum Gasteiger partial charge on any atom is 0.0761 e. The zero-order valence-electron chi connectivity index (χ0n) is 12.0. The van der Waals surface area contributed by atoms with Crippen molar-refractivity contribution in [3.63, 3.8) is 0 Å². The van der Waals surface area contributed by atoms with Crippen LogP contribution in [-0.2, 0) is 6.54 Å². The van der Waals surface area contributed by atoms with Crippen molar-refractivity contribution in [1.82, 2.24) is 10.3 Å². The Kier molecular flexibility index (Phi) is 4.97. The summed E-state index contributed by atoms with van der Waals surface area (Å²) < 4.78 is 0. The summed E-state index contributed by atoms with van der Waals surface area (Å²) in [6.45, 7) is 6.12. The third-order valence-corrected chi connectivity index (χ3v) is 3.84. The van der Waals surface area contributed by atoms with E-state index in [1.807, 2.05) is 24.3 Å². The summed E-state index contributed by atoms with van der Waals surface area (Å²) in [5, 5.41) is 14.2. The SMILES string of the molecule is CC(C)(CCO)CNCc1ccc(Cl)c2cccnc12. The number of nitrogens with one attached hydrogen (secondary N) is 1. The van der Waals surface area contributed by atoms with Crippen molar-refractivity contribution in [2.45, 2.75) is 26.8 Å². The van der Waals surface area contributed by atoms with E-state index in [0.717, 1.165) is 41.0 Å². The molecule has 0 aliphatic carbocycles. The second-order valence-corrected chi connectivity index (χ2v) is 6.25. The molecule has 0 aliphatic heterocycles. The van der Waals surface area contributed by atoms with Crippen molar-refractivity contribution in [2.24, 2.45) is 5.41 Å². The van der Waals surface area contributed by atoms with Crippen LogP contribution in [0, 0.1) is 5.41 Å². The Morgan fingerprint density at radius 1 is 1.30 bits per heavy atom. The first-order chi connectivity index (χ1) is 9.53. The van der Waals surface area contributed by atoms with E-state index in [9.17, 15) is 0 Å². The summed E-state index contributed by atoms with van der Waals surface area (Å²) in [7, 11) is 0. The maximum atomic E-state index is 9.04. The summed E-state index contributed by atoms with van der Waals surface area (Å²) in [6.07, 6.45) is 2.58. The molecule has 4 heteroatoms. The molecule has 1 aromatic carbocycles. The summed E-state index contributed by atoms with van der Waals surface area (Å²) >= 11 is 6.19. The number of pyridine rings is 1. The van der Waals surface area contributed by atoms with Crippen LogP contribution in [0.3, 0.4) is 0 Å². The number of aliphatic hydroxyl groups is 1. The van der Waals surface area contributed by atoms with Gasteiger partial charge in [0.15, 0.2) is 0 Å². The molecule has 0 aliphatic rings. The molecule has 1 heterocycles. The summed E-state index contributed by atoms with van der Waals surface area (Å²) in [5.41, 5.74) is 2.18. The van der Waals surface area contributed by atoms with E-state index in [1.165, 1.54) is 0 Å². The minimum atomic E-state index is 0.0877. The minimum Gasteiger partial charge on any atom is -0.396 e. The molecule has 108 valence electrons. The van der Waals surface area contributed by atoms with Crippen LogP contribution in [0.1, 0.15) is 25.8 Å². The van der Waals surface area contributed by atoms with Crippen LogP contribution in [0.15, 0.2) is 30.5 Å². The lowest BCUT2D eigenvalue weighted by Gasteiger charge is -2.24. The summed E-state index contributed by atoms with van der Waals surface area (Å²) in [6, 6.07) is 7.82. The van der Waals surface area contributed by atoms with Crippen molar-refractivity contribution < 1.29 is 5.11 Å². The van der Waals surface area contributed by atoms with E-state index < -0.39 is 0 Å². The normalized spacial score (nSPS) is 12.0. The quantitative estimate of drug-likeness (QED) is 0.858. The van der Waals surface area contributed by atoms with E-state index in [1.54, 1.807) is 6.20 Å². The third kappa shape index (κ3) is 3.69. The zero-order chi connectivity index (χ0) is 14.6. The Bertz CT molecular complexity index is 584. The highest BCUT2D eigenvalue weighted by atomic mass is 35.5. The molecule has 3 nitrogen and oxygen atoms in total. The average Bonchev–Trinajstić information content (AvgIpc) is 2.41. The van der Waals surface area contributed by atoms with Crippen molar-refractivity contribution in [1.29, 1.82) is 0 Å². The lowest BCUT2D eigenvalue weighted by molar-refractivity contribution is 0.207. The van der Waals surface area contributed by atoms with Gasteiger partial charge in [0.25, 0.3) is 0 Å². The van der Waals surface area contributed by atoms with E-state index in [2.05, 4.69) is 24.1 Å². The van der Waals surface area contributed by atoms with Gasteiger partial charge in [-0.05, 0) is 35.6 Å². The number of halogens is 1. The smallest absolute Gasteiger partial charge is 0.0761 e. The molecule has 0 atom stereocenters. The van der Waals surface area contributed by atoms with Crippen LogP contribution < -0.4 is 5.32 Å². The van der Waals surface area contributed by atoms with Gasteiger partial charge in [0.2, 0.25) is 0 Å². The number of aromatic nitrogens is 1. The highest BCUT2D eigenvalue weighted by Gasteiger charge is 2.16. The first kappa shape index (κ1) is 15.2. The number of nitrogens with zero attached hydrogens (tertiary/aromatic N) is 1. The van der Waals surface area contributed by atoms with E-state index in [4.69, 9.17) is 16.7 Å². The minimum absolute atomic E-state index is 0.0877. The highest BCUT2D eigenvalue weighted by molar-refractivity contribution is 6.35. The molecule has 2 rings (SSSR count). The molecule has 0 fully saturated rings. The zero-order valence-corrected chi connectivity index (χ0v) is 12.7. The first-order valence-electron chi connectivity index (χ1n) is 6.87. The van der Waals surface area contributed by atoms with Crippen molar-refractivity contribution >= 4 is 22.5 Å². The van der Waals surface area contributed by atoms with Gasteiger partial charge in [-0.15, -0.1) is 0 Å². The van der Waals surface area contributed by atoms with Crippen LogP contribution >= 0.6 is 11.6 Å². The second kappa shape index (κ2) is 6.53. The number of fused-ring (bicyclic) bond motifs is 1. The molecule has 0 bridgehead atoms. The summed E-state index contributed by atoms with van der Waals surface area (Å²) in [4.78, 5) is 4.43. The molecule has 1 aromatic heterocycles. The number of rotatable bonds is 6. The van der Waals surface area contributed by atoms with Gasteiger partial charge < -0.3 is 10.4 Å². The maximum absolute atomic E-state index is 9.04. The fourth-order valence-electron chi connectivity index (χ4n) is 2.27. The highest BCUT2D eigenvalue weighted by Crippen LogP contribution is 2.25. The predicted octanol–water partition coefficient (Wildman–Crippen LogP) is 3.39. The molecular weight excluding hydrogens is 272 g/mol. The largest absolute Gasteiger partial charge is 0.396 e. The van der Waals surface area contributed by atoms with Gasteiger partial charge in [-0.2, -0.15) is 0 Å². The monoisotopic (exact) mass is 292 g/mol. The lowest BCUT2D eigenvalue weighted by Crippen LogP contribution is -2.30. The lowest BCUT2D eigenvalue weighted by atomic mass is 9.89. The molecule has 2 N–H and O–H groups in total. The van der Waals surface area contributed by atoms with Gasteiger partial charge >= 0.3 is 0 Å². The topological polar surface area (TPSA) is 45.1 Å². The molecule has 0 spiro atoms. The molecular formula is C16H21ClN2O. The Morgan fingerprint density at radius 3 is 2.85 bits per heavy atom. The van der Waals surface area contributed by atoms with E-state index in [0.29, 0.717) is 0 Å². The number of aliphatic hydroxyl groups excluding tert-OH is 1. The number of hydrogen-bond acceptors (Lipinski definition) is 3. The molecule has 0 amide bonds. The van der Waals surface area contributed by atoms with E-state index in [-0.39, 0.29) is 12.0 Å². The number of hydrogen-bond donors (Lipinski definition) is 2. The third-order valence-electron chi connectivity index (χ3n) is 3.51. The molecule has 0 saturated heterocycles. The molecule has 0 saturated carbocycles. The van der Waals surface area contributed by atoms with Gasteiger partial charge in [-0.1, -0.05) is 31.5 Å². The first-order valence-corrected chi connectivity index (χ1v) is 7.25. The summed E-state index contributed by atoms with van der Waals surface area (Å²) in [5.74, 6) is 0. The van der Waals surface area contributed by atoms with Crippen LogP contribution in [0.25, 0.3) is 10.9 Å². The average molecular weight is 293 g/mol. The molecule has 0 unspecified atom stereocenters. The Balaban J connectivity index is 2.09. The van der Waals surface area contributed by atoms with Crippen LogP contribution in [0.4, 0.5) is 0 Å².